The second-order valence-corrected chi connectivity index (χ2v) is 5.20. The topological polar surface area (TPSA) is 39.2 Å². The van der Waals surface area contributed by atoms with E-state index in [1.807, 2.05) is 25.1 Å². The van der Waals surface area contributed by atoms with Gasteiger partial charge in [0.15, 0.2) is 11.4 Å². The maximum atomic E-state index is 13.6. The highest BCUT2D eigenvalue weighted by Crippen LogP contribution is 2.29. The Kier molecular flexibility index (Phi) is 3.24. The second kappa shape index (κ2) is 4.93. The number of benzene rings is 2. The van der Waals surface area contributed by atoms with Crippen molar-refractivity contribution in [1.82, 2.24) is 0 Å². The lowest BCUT2D eigenvalue weighted by Gasteiger charge is -2.10. The van der Waals surface area contributed by atoms with Crippen molar-refractivity contribution in [3.63, 3.8) is 0 Å². The lowest BCUT2D eigenvalue weighted by atomic mass is 10.0. The molecule has 0 spiro atoms. The molecule has 1 atom stereocenters. The number of nitrogens with two attached hydrogens (primary N) is 1. The van der Waals surface area contributed by atoms with Crippen LogP contribution in [0.1, 0.15) is 22.9 Å². The number of rotatable bonds is 2. The molecule has 1 heterocycles. The van der Waals surface area contributed by atoms with Crippen molar-refractivity contribution in [1.29, 1.82) is 0 Å². The zero-order valence-corrected chi connectivity index (χ0v) is 11.6. The van der Waals surface area contributed by atoms with Gasteiger partial charge in [-0.1, -0.05) is 35.9 Å². The van der Waals surface area contributed by atoms with Gasteiger partial charge in [0.1, 0.15) is 5.76 Å². The van der Waals surface area contributed by atoms with E-state index in [4.69, 9.17) is 21.8 Å². The summed E-state index contributed by atoms with van der Waals surface area (Å²) in [5.41, 5.74) is 8.22. The SMILES string of the molecule is Cc1ccc(C(N)c2cc3cccc(F)c3o2)cc1Cl. The van der Waals surface area contributed by atoms with Crippen molar-refractivity contribution in [2.24, 2.45) is 5.73 Å². The molecule has 102 valence electrons. The number of para-hydroxylation sites is 1. The molecule has 1 aromatic heterocycles. The maximum absolute atomic E-state index is 13.6. The monoisotopic (exact) mass is 289 g/mol. The van der Waals surface area contributed by atoms with Crippen molar-refractivity contribution in [3.8, 4) is 0 Å². The first-order valence-corrected chi connectivity index (χ1v) is 6.63. The fraction of sp³-hybridized carbons (Fsp3) is 0.125. The van der Waals surface area contributed by atoms with Crippen LogP contribution in [0.25, 0.3) is 11.0 Å². The van der Waals surface area contributed by atoms with Crippen molar-refractivity contribution < 1.29 is 8.81 Å². The smallest absolute Gasteiger partial charge is 0.169 e. The summed E-state index contributed by atoms with van der Waals surface area (Å²) in [6, 6.07) is 11.7. The summed E-state index contributed by atoms with van der Waals surface area (Å²) in [5, 5.41) is 1.36. The van der Waals surface area contributed by atoms with Gasteiger partial charge in [0.25, 0.3) is 0 Å². The van der Waals surface area contributed by atoms with Crippen LogP contribution in [0, 0.1) is 12.7 Å². The Bertz CT molecular complexity index is 781. The van der Waals surface area contributed by atoms with Crippen molar-refractivity contribution in [3.05, 3.63) is 70.2 Å². The average molecular weight is 290 g/mol. The van der Waals surface area contributed by atoms with E-state index in [0.717, 1.165) is 11.1 Å². The summed E-state index contributed by atoms with van der Waals surface area (Å²) in [5.74, 6) is 0.132. The molecule has 0 aliphatic carbocycles. The van der Waals surface area contributed by atoms with E-state index in [-0.39, 0.29) is 11.4 Å². The predicted molar refractivity (Wildman–Crippen MR) is 78.4 cm³/mol. The van der Waals surface area contributed by atoms with E-state index in [1.54, 1.807) is 18.2 Å². The third kappa shape index (κ3) is 2.19. The summed E-state index contributed by atoms with van der Waals surface area (Å²) >= 11 is 6.10. The predicted octanol–water partition coefficient (Wildman–Crippen LogP) is 4.58. The van der Waals surface area contributed by atoms with Gasteiger partial charge in [-0.15, -0.1) is 0 Å². The Morgan fingerprint density at radius 1 is 1.20 bits per heavy atom. The molecular formula is C16H13ClFNO. The molecule has 0 bridgehead atoms. The third-order valence-electron chi connectivity index (χ3n) is 3.38. The van der Waals surface area contributed by atoms with E-state index >= 15 is 0 Å². The van der Waals surface area contributed by atoms with Crippen LogP contribution < -0.4 is 5.73 Å². The lowest BCUT2D eigenvalue weighted by molar-refractivity contribution is 0.502. The van der Waals surface area contributed by atoms with Gasteiger partial charge in [-0.3, -0.25) is 0 Å². The fourth-order valence-corrected chi connectivity index (χ4v) is 2.36. The Balaban J connectivity index is 2.05. The average Bonchev–Trinajstić information content (AvgIpc) is 2.86. The van der Waals surface area contributed by atoms with Crippen molar-refractivity contribution in [2.45, 2.75) is 13.0 Å². The van der Waals surface area contributed by atoms with E-state index < -0.39 is 6.04 Å². The normalized spacial score (nSPS) is 12.8. The highest BCUT2D eigenvalue weighted by Gasteiger charge is 2.16. The zero-order chi connectivity index (χ0) is 14.3. The molecule has 2 aromatic carbocycles. The molecule has 3 aromatic rings. The highest BCUT2D eigenvalue weighted by atomic mass is 35.5. The number of halogens is 2. The van der Waals surface area contributed by atoms with Gasteiger partial charge < -0.3 is 10.2 Å². The molecular weight excluding hydrogens is 277 g/mol. The maximum Gasteiger partial charge on any atom is 0.169 e. The summed E-state index contributed by atoms with van der Waals surface area (Å²) in [6.07, 6.45) is 0. The Morgan fingerprint density at radius 3 is 2.70 bits per heavy atom. The number of aryl methyl sites for hydroxylation is 1. The minimum absolute atomic E-state index is 0.233. The largest absolute Gasteiger partial charge is 0.456 e. The van der Waals surface area contributed by atoms with Gasteiger partial charge in [0, 0.05) is 10.4 Å². The molecule has 20 heavy (non-hydrogen) atoms. The van der Waals surface area contributed by atoms with E-state index in [1.165, 1.54) is 6.07 Å². The van der Waals surface area contributed by atoms with Crippen LogP contribution in [-0.2, 0) is 0 Å². The molecule has 1 unspecified atom stereocenters. The Hall–Kier alpha value is -1.84. The van der Waals surface area contributed by atoms with Crippen LogP contribution in [0.15, 0.2) is 46.9 Å². The van der Waals surface area contributed by atoms with Crippen LogP contribution >= 0.6 is 11.6 Å². The van der Waals surface area contributed by atoms with Gasteiger partial charge in [-0.25, -0.2) is 4.39 Å². The van der Waals surface area contributed by atoms with Crippen molar-refractivity contribution in [2.75, 3.05) is 0 Å². The van der Waals surface area contributed by atoms with Gasteiger partial charge in [-0.05, 0) is 36.2 Å². The van der Waals surface area contributed by atoms with Gasteiger partial charge in [-0.2, -0.15) is 0 Å². The lowest BCUT2D eigenvalue weighted by Crippen LogP contribution is -2.10. The quantitative estimate of drug-likeness (QED) is 0.750. The first kappa shape index (κ1) is 13.2. The molecule has 0 saturated heterocycles. The standard InChI is InChI=1S/C16H13ClFNO/c1-9-5-6-10(7-12(9)17)15(19)14-8-11-3-2-4-13(18)16(11)20-14/h2-8,15H,19H2,1H3. The van der Waals surface area contributed by atoms with Crippen LogP contribution in [0.5, 0.6) is 0 Å². The molecule has 3 rings (SSSR count). The van der Waals surface area contributed by atoms with Crippen LogP contribution in [0.4, 0.5) is 4.39 Å². The molecule has 0 amide bonds. The minimum atomic E-state index is -0.472. The van der Waals surface area contributed by atoms with Gasteiger partial charge in [0.05, 0.1) is 6.04 Å². The van der Waals surface area contributed by atoms with E-state index in [9.17, 15) is 4.39 Å². The summed E-state index contributed by atoms with van der Waals surface area (Å²) < 4.78 is 19.2. The number of furan rings is 1. The molecule has 0 aliphatic heterocycles. The van der Waals surface area contributed by atoms with E-state index in [2.05, 4.69) is 0 Å². The number of hydrogen-bond acceptors (Lipinski definition) is 2. The molecule has 2 N–H and O–H groups in total. The van der Waals surface area contributed by atoms with Crippen LogP contribution in [-0.4, -0.2) is 0 Å². The van der Waals surface area contributed by atoms with Crippen molar-refractivity contribution >= 4 is 22.6 Å². The Morgan fingerprint density at radius 2 is 2.00 bits per heavy atom. The first-order chi connectivity index (χ1) is 9.56. The first-order valence-electron chi connectivity index (χ1n) is 6.26. The summed E-state index contributed by atoms with van der Waals surface area (Å²) in [4.78, 5) is 0. The Labute approximate surface area is 121 Å². The summed E-state index contributed by atoms with van der Waals surface area (Å²) in [6.45, 7) is 1.92. The summed E-state index contributed by atoms with van der Waals surface area (Å²) in [7, 11) is 0. The fourth-order valence-electron chi connectivity index (χ4n) is 2.17. The molecule has 0 aliphatic rings. The molecule has 0 saturated carbocycles. The van der Waals surface area contributed by atoms with E-state index in [0.29, 0.717) is 16.2 Å². The molecule has 2 nitrogen and oxygen atoms in total. The number of hydrogen-bond donors (Lipinski definition) is 1. The molecule has 4 heteroatoms. The minimum Gasteiger partial charge on any atom is -0.456 e. The van der Waals surface area contributed by atoms with Crippen LogP contribution in [0.2, 0.25) is 5.02 Å². The number of fused-ring (bicyclic) bond motifs is 1. The zero-order valence-electron chi connectivity index (χ0n) is 10.9. The van der Waals surface area contributed by atoms with Crippen LogP contribution in [0.3, 0.4) is 0 Å². The second-order valence-electron chi connectivity index (χ2n) is 4.79. The van der Waals surface area contributed by atoms with Gasteiger partial charge >= 0.3 is 0 Å². The molecule has 0 radical (unpaired) electrons. The van der Waals surface area contributed by atoms with Gasteiger partial charge in [0.2, 0.25) is 0 Å². The molecule has 0 fully saturated rings. The highest BCUT2D eigenvalue weighted by molar-refractivity contribution is 6.31. The third-order valence-corrected chi connectivity index (χ3v) is 3.78.